The number of imide groups is 1. The topological polar surface area (TPSA) is 95.5 Å². The fourth-order valence-electron chi connectivity index (χ4n) is 1.40. The van der Waals surface area contributed by atoms with Crippen LogP contribution < -0.4 is 10.6 Å². The molecule has 0 saturated carbocycles. The quantitative estimate of drug-likeness (QED) is 0.688. The molecule has 0 aliphatic heterocycles. The summed E-state index contributed by atoms with van der Waals surface area (Å²) in [6.07, 6.45) is 0. The number of hydrogen-bond donors (Lipinski definition) is 3. The second-order valence-corrected chi connectivity index (χ2v) is 6.34. The number of nitrogens with one attached hydrogen (secondary N) is 2. The Labute approximate surface area is 134 Å². The van der Waals surface area contributed by atoms with Crippen LogP contribution in [0.15, 0.2) is 27.6 Å². The lowest BCUT2D eigenvalue weighted by molar-refractivity contribution is -0.117. The molecule has 6 nitrogen and oxygen atoms in total. The van der Waals surface area contributed by atoms with Crippen LogP contribution in [0.1, 0.15) is 24.2 Å². The lowest BCUT2D eigenvalue weighted by Gasteiger charge is -2.09. The molecule has 0 aliphatic carbocycles. The minimum atomic E-state index is -1.07. The zero-order chi connectivity index (χ0) is 16.0. The van der Waals surface area contributed by atoms with Crippen LogP contribution in [0.5, 0.6) is 0 Å². The highest BCUT2D eigenvalue weighted by molar-refractivity contribution is 9.10. The Hall–Kier alpha value is -1.54. The maximum atomic E-state index is 11.6. The smallest absolute Gasteiger partial charge is 0.336 e. The van der Waals surface area contributed by atoms with E-state index < -0.39 is 17.9 Å². The van der Waals surface area contributed by atoms with Crippen molar-refractivity contribution in [2.24, 2.45) is 0 Å². The predicted octanol–water partition coefficient (Wildman–Crippen LogP) is 2.47. The molecule has 0 fully saturated rings. The summed E-state index contributed by atoms with van der Waals surface area (Å²) >= 11 is 4.30. The summed E-state index contributed by atoms with van der Waals surface area (Å²) in [5.41, 5.74) is 0.114. The molecule has 1 aromatic rings. The first kappa shape index (κ1) is 17.5. The first-order valence-electron chi connectivity index (χ1n) is 6.05. The summed E-state index contributed by atoms with van der Waals surface area (Å²) < 4.78 is 0.716. The van der Waals surface area contributed by atoms with E-state index in [0.29, 0.717) is 9.37 Å². The Morgan fingerprint density at radius 2 is 2.00 bits per heavy atom. The number of benzene rings is 1. The Bertz CT molecular complexity index is 563. The first-order chi connectivity index (χ1) is 9.79. The Morgan fingerprint density at radius 3 is 2.57 bits per heavy atom. The molecule has 0 heterocycles. The highest BCUT2D eigenvalue weighted by atomic mass is 79.9. The minimum Gasteiger partial charge on any atom is -0.478 e. The Morgan fingerprint density at radius 1 is 1.33 bits per heavy atom. The van der Waals surface area contributed by atoms with E-state index in [4.69, 9.17) is 5.11 Å². The molecule has 3 amide bonds. The van der Waals surface area contributed by atoms with Gasteiger partial charge in [0, 0.05) is 15.4 Å². The highest BCUT2D eigenvalue weighted by Crippen LogP contribution is 2.26. The molecule has 0 bridgehead atoms. The van der Waals surface area contributed by atoms with Crippen molar-refractivity contribution in [3.05, 3.63) is 28.2 Å². The summed E-state index contributed by atoms with van der Waals surface area (Å²) in [5, 5.41) is 13.8. The van der Waals surface area contributed by atoms with Crippen molar-refractivity contribution >= 4 is 45.6 Å². The Balaban J connectivity index is 2.63. The summed E-state index contributed by atoms with van der Waals surface area (Å²) in [6.45, 7) is 3.55. The van der Waals surface area contributed by atoms with Crippen LogP contribution in [0.3, 0.4) is 0 Å². The van der Waals surface area contributed by atoms with Crippen LogP contribution in [-0.4, -0.2) is 34.8 Å². The lowest BCUT2D eigenvalue weighted by Crippen LogP contribution is -2.43. The van der Waals surface area contributed by atoms with Gasteiger partial charge in [0.15, 0.2) is 0 Å². The number of amides is 3. The molecule has 8 heteroatoms. The van der Waals surface area contributed by atoms with Gasteiger partial charge in [-0.1, -0.05) is 15.9 Å². The molecule has 114 valence electrons. The van der Waals surface area contributed by atoms with Crippen LogP contribution in [0.2, 0.25) is 0 Å². The highest BCUT2D eigenvalue weighted by Gasteiger charge is 2.14. The number of hydrogen-bond acceptors (Lipinski definition) is 4. The van der Waals surface area contributed by atoms with Gasteiger partial charge in [-0.05, 0) is 32.0 Å². The largest absolute Gasteiger partial charge is 0.478 e. The number of thioether (sulfide) groups is 1. The van der Waals surface area contributed by atoms with E-state index in [2.05, 4.69) is 26.6 Å². The van der Waals surface area contributed by atoms with E-state index in [1.807, 2.05) is 0 Å². The van der Waals surface area contributed by atoms with Crippen LogP contribution in [-0.2, 0) is 4.79 Å². The van der Waals surface area contributed by atoms with Crippen molar-refractivity contribution in [2.75, 3.05) is 5.75 Å². The first-order valence-corrected chi connectivity index (χ1v) is 7.83. The summed E-state index contributed by atoms with van der Waals surface area (Å²) in [7, 11) is 0. The third-order valence-corrected chi connectivity index (χ3v) is 3.75. The van der Waals surface area contributed by atoms with Crippen LogP contribution in [0.4, 0.5) is 4.79 Å². The van der Waals surface area contributed by atoms with Gasteiger partial charge in [-0.3, -0.25) is 10.1 Å². The van der Waals surface area contributed by atoms with Gasteiger partial charge in [-0.15, -0.1) is 11.8 Å². The van der Waals surface area contributed by atoms with Gasteiger partial charge >= 0.3 is 12.0 Å². The van der Waals surface area contributed by atoms with Gasteiger partial charge < -0.3 is 10.4 Å². The fraction of sp³-hybridized carbons (Fsp3) is 0.308. The third kappa shape index (κ3) is 6.17. The van der Waals surface area contributed by atoms with E-state index in [9.17, 15) is 14.4 Å². The van der Waals surface area contributed by atoms with Crippen molar-refractivity contribution in [3.63, 3.8) is 0 Å². The number of rotatable bonds is 5. The van der Waals surface area contributed by atoms with Crippen molar-refractivity contribution in [1.29, 1.82) is 0 Å². The maximum absolute atomic E-state index is 11.6. The van der Waals surface area contributed by atoms with E-state index in [1.165, 1.54) is 6.07 Å². The monoisotopic (exact) mass is 374 g/mol. The van der Waals surface area contributed by atoms with Gasteiger partial charge in [-0.25, -0.2) is 9.59 Å². The minimum absolute atomic E-state index is 0.0533. The molecule has 0 radical (unpaired) electrons. The number of urea groups is 1. The number of carbonyl (C=O) groups excluding carboxylic acids is 2. The molecule has 1 aromatic carbocycles. The van der Waals surface area contributed by atoms with E-state index in [1.54, 1.807) is 26.0 Å². The third-order valence-electron chi connectivity index (χ3n) is 2.21. The molecule has 0 aliphatic rings. The van der Waals surface area contributed by atoms with Crippen molar-refractivity contribution in [1.82, 2.24) is 10.6 Å². The Kier molecular flexibility index (Phi) is 6.70. The number of halogens is 1. The zero-order valence-corrected chi connectivity index (χ0v) is 13.9. The average Bonchev–Trinajstić information content (AvgIpc) is 2.34. The molecule has 1 rings (SSSR count). The van der Waals surface area contributed by atoms with Crippen molar-refractivity contribution in [2.45, 2.75) is 24.8 Å². The maximum Gasteiger partial charge on any atom is 0.336 e. The van der Waals surface area contributed by atoms with Gasteiger partial charge in [-0.2, -0.15) is 0 Å². The zero-order valence-electron chi connectivity index (χ0n) is 11.5. The lowest BCUT2D eigenvalue weighted by atomic mass is 10.2. The number of carbonyl (C=O) groups is 3. The van der Waals surface area contributed by atoms with Gasteiger partial charge in [0.1, 0.15) is 0 Å². The second kappa shape index (κ2) is 8.04. The fourth-order valence-corrected chi connectivity index (χ4v) is 2.79. The summed E-state index contributed by atoms with van der Waals surface area (Å²) in [6, 6.07) is 4.05. The molecule has 3 N–H and O–H groups in total. The molecular weight excluding hydrogens is 360 g/mol. The molecule has 21 heavy (non-hydrogen) atoms. The summed E-state index contributed by atoms with van der Waals surface area (Å²) in [4.78, 5) is 34.5. The molecule has 0 atom stereocenters. The SMILES string of the molecule is CC(C)NC(=O)NC(=O)CSc1cc(Br)ccc1C(=O)O. The molecule has 0 saturated heterocycles. The van der Waals surface area contributed by atoms with Crippen LogP contribution in [0.25, 0.3) is 0 Å². The second-order valence-electron chi connectivity index (χ2n) is 4.41. The standard InChI is InChI=1S/C13H15BrN2O4S/c1-7(2)15-13(20)16-11(17)6-21-10-5-8(14)3-4-9(10)12(18)19/h3-5,7H,6H2,1-2H3,(H,18,19)(H2,15,16,17,20). The van der Waals surface area contributed by atoms with Crippen molar-refractivity contribution in [3.8, 4) is 0 Å². The normalized spacial score (nSPS) is 10.3. The van der Waals surface area contributed by atoms with E-state index in [0.717, 1.165) is 11.8 Å². The molecule has 0 spiro atoms. The summed E-state index contributed by atoms with van der Waals surface area (Å²) in [5.74, 6) is -1.61. The number of carboxylic acids is 1. The van der Waals surface area contributed by atoms with E-state index >= 15 is 0 Å². The molecule has 0 aromatic heterocycles. The molecular formula is C13H15BrN2O4S. The average molecular weight is 375 g/mol. The van der Waals surface area contributed by atoms with Crippen LogP contribution >= 0.6 is 27.7 Å². The number of aromatic carboxylic acids is 1. The predicted molar refractivity (Wildman–Crippen MR) is 83.6 cm³/mol. The number of carboxylic acid groups (broad SMARTS) is 1. The van der Waals surface area contributed by atoms with Gasteiger partial charge in [0.05, 0.1) is 11.3 Å². The van der Waals surface area contributed by atoms with Crippen LogP contribution in [0, 0.1) is 0 Å². The molecule has 0 unspecified atom stereocenters. The van der Waals surface area contributed by atoms with Gasteiger partial charge in [0.2, 0.25) is 5.91 Å². The van der Waals surface area contributed by atoms with Crippen molar-refractivity contribution < 1.29 is 19.5 Å². The van der Waals surface area contributed by atoms with E-state index in [-0.39, 0.29) is 17.4 Å². The van der Waals surface area contributed by atoms with Gasteiger partial charge in [0.25, 0.3) is 0 Å².